The van der Waals surface area contributed by atoms with E-state index in [-0.39, 0.29) is 30.9 Å². The minimum Gasteiger partial charge on any atom is -0.497 e. The molecule has 2 aliphatic heterocycles. The van der Waals surface area contributed by atoms with Crippen molar-refractivity contribution in [2.45, 2.75) is 56.5 Å². The maximum atomic E-state index is 12.5. The lowest BCUT2D eigenvalue weighted by Crippen LogP contribution is -2.49. The van der Waals surface area contributed by atoms with Crippen LogP contribution in [0.5, 0.6) is 23.0 Å². The van der Waals surface area contributed by atoms with E-state index in [1.807, 2.05) is 42.5 Å². The van der Waals surface area contributed by atoms with Crippen LogP contribution in [-0.4, -0.2) is 67.1 Å². The van der Waals surface area contributed by atoms with Crippen molar-refractivity contribution in [3.8, 4) is 23.0 Å². The lowest BCUT2D eigenvalue weighted by Gasteiger charge is -2.39. The molecular weight excluding hydrogens is 605 g/mol. The molecule has 1 saturated carbocycles. The van der Waals surface area contributed by atoms with Crippen LogP contribution in [0.2, 0.25) is 10.0 Å². The third-order valence-electron chi connectivity index (χ3n) is 8.28. The van der Waals surface area contributed by atoms with Gasteiger partial charge < -0.3 is 39.6 Å². The van der Waals surface area contributed by atoms with E-state index in [9.17, 15) is 9.90 Å². The number of anilines is 1. The van der Waals surface area contributed by atoms with Crippen LogP contribution in [0.1, 0.15) is 36.8 Å². The molecule has 0 bridgehead atoms. The van der Waals surface area contributed by atoms with E-state index in [0.717, 1.165) is 72.8 Å². The van der Waals surface area contributed by atoms with Crippen molar-refractivity contribution < 1.29 is 28.8 Å². The highest BCUT2D eigenvalue weighted by molar-refractivity contribution is 6.32. The summed E-state index contributed by atoms with van der Waals surface area (Å²) >= 11 is 12.7. The Balaban J connectivity index is 1.06. The fourth-order valence-electron chi connectivity index (χ4n) is 5.68. The number of nitrogens with one attached hydrogen (secondary N) is 2. The standard InChI is InChI=1S/C33H37Cl2N3O6/c1-41-26-7-2-21(3-8-26)19-42-30-16-31(28(15-27(30)35)37-32(40)36-24-5-6-24)43-20-25(39)18-38-12-10-33(11-13-38)17-22-14-23(34)4-9-29(22)44-33/h2-4,7-9,14-16,24-25,39H,5-6,10-13,17-20H2,1H3,(H2,36,37,40)/t25-/m0/s1. The van der Waals surface area contributed by atoms with E-state index < -0.39 is 6.10 Å². The number of hydrogen-bond donors (Lipinski definition) is 3. The predicted molar refractivity (Wildman–Crippen MR) is 170 cm³/mol. The monoisotopic (exact) mass is 641 g/mol. The molecule has 1 aliphatic carbocycles. The Labute approximate surface area is 267 Å². The Morgan fingerprint density at radius 1 is 1.07 bits per heavy atom. The van der Waals surface area contributed by atoms with Gasteiger partial charge in [-0.3, -0.25) is 0 Å². The van der Waals surface area contributed by atoms with Crippen molar-refractivity contribution in [3.05, 3.63) is 75.8 Å². The molecule has 1 spiro atoms. The molecule has 3 aromatic rings. The van der Waals surface area contributed by atoms with Crippen LogP contribution in [0.25, 0.3) is 0 Å². The van der Waals surface area contributed by atoms with Crippen LogP contribution in [0.3, 0.4) is 0 Å². The smallest absolute Gasteiger partial charge is 0.319 e. The number of rotatable bonds is 11. The van der Waals surface area contributed by atoms with E-state index in [1.54, 1.807) is 19.2 Å². The van der Waals surface area contributed by atoms with Crippen molar-refractivity contribution in [2.75, 3.05) is 38.7 Å². The summed E-state index contributed by atoms with van der Waals surface area (Å²) < 4.78 is 23.7. The maximum absolute atomic E-state index is 12.5. The molecule has 1 atom stereocenters. The topological polar surface area (TPSA) is 102 Å². The number of hydrogen-bond acceptors (Lipinski definition) is 7. The molecule has 2 fully saturated rings. The molecule has 11 heteroatoms. The van der Waals surface area contributed by atoms with Crippen molar-refractivity contribution in [1.82, 2.24) is 10.2 Å². The number of β-amino-alcohol motifs (C(OH)–C–C–N with tert-alkyl or cyclic N) is 1. The number of carbonyl (C=O) groups is 1. The third-order valence-corrected chi connectivity index (χ3v) is 8.81. The summed E-state index contributed by atoms with van der Waals surface area (Å²) in [6.07, 6.45) is 3.76. The Bertz CT molecular complexity index is 1480. The average molecular weight is 643 g/mol. The number of amides is 2. The largest absolute Gasteiger partial charge is 0.497 e. The number of urea groups is 1. The molecular formula is C33H37Cl2N3O6. The van der Waals surface area contributed by atoms with Gasteiger partial charge in [-0.2, -0.15) is 0 Å². The van der Waals surface area contributed by atoms with Crippen LogP contribution in [-0.2, 0) is 13.0 Å². The molecule has 3 aliphatic rings. The molecule has 0 radical (unpaired) electrons. The Morgan fingerprint density at radius 2 is 1.84 bits per heavy atom. The second-order valence-corrected chi connectivity index (χ2v) is 12.6. The van der Waals surface area contributed by atoms with Gasteiger partial charge >= 0.3 is 6.03 Å². The fraction of sp³-hybridized carbons (Fsp3) is 0.424. The number of aliphatic hydroxyl groups is 1. The first kappa shape index (κ1) is 30.6. The van der Waals surface area contributed by atoms with Gasteiger partial charge in [0.05, 0.1) is 17.8 Å². The number of carbonyl (C=O) groups excluding carboxylic acids is 1. The van der Waals surface area contributed by atoms with E-state index in [0.29, 0.717) is 28.8 Å². The zero-order valence-corrected chi connectivity index (χ0v) is 26.1. The molecule has 6 rings (SSSR count). The van der Waals surface area contributed by atoms with Crippen LogP contribution in [0.4, 0.5) is 10.5 Å². The second-order valence-electron chi connectivity index (χ2n) is 11.8. The normalized spacial score (nSPS) is 17.8. The highest BCUT2D eigenvalue weighted by Crippen LogP contribution is 2.42. The SMILES string of the molecule is COc1ccc(COc2cc(OC[C@@H](O)CN3CCC4(CC3)Cc3cc(Cl)ccc3O4)c(NC(=O)NC3CC3)cc2Cl)cc1. The number of halogens is 2. The van der Waals surface area contributed by atoms with E-state index in [4.69, 9.17) is 42.1 Å². The fourth-order valence-corrected chi connectivity index (χ4v) is 6.09. The quantitative estimate of drug-likeness (QED) is 0.233. The molecule has 2 amide bonds. The van der Waals surface area contributed by atoms with Gasteiger partial charge in [0, 0.05) is 56.0 Å². The molecule has 9 nitrogen and oxygen atoms in total. The number of piperidine rings is 1. The number of nitrogens with zero attached hydrogens (tertiary/aromatic N) is 1. The van der Waals surface area contributed by atoms with Crippen LogP contribution in [0, 0.1) is 0 Å². The Kier molecular flexibility index (Phi) is 9.28. The van der Waals surface area contributed by atoms with E-state index in [2.05, 4.69) is 15.5 Å². The number of benzene rings is 3. The molecule has 44 heavy (non-hydrogen) atoms. The molecule has 1 saturated heterocycles. The number of likely N-dealkylation sites (tertiary alicyclic amines) is 1. The molecule has 0 aromatic heterocycles. The molecule has 234 valence electrons. The molecule has 3 aromatic carbocycles. The number of aliphatic hydroxyl groups excluding tert-OH is 1. The lowest BCUT2D eigenvalue weighted by atomic mass is 9.87. The highest BCUT2D eigenvalue weighted by Gasteiger charge is 2.42. The molecule has 2 heterocycles. The van der Waals surface area contributed by atoms with E-state index in [1.165, 1.54) is 0 Å². The van der Waals surface area contributed by atoms with Gasteiger partial charge in [-0.05, 0) is 60.4 Å². The maximum Gasteiger partial charge on any atom is 0.319 e. The first-order chi connectivity index (χ1) is 21.3. The van der Waals surface area contributed by atoms with Gasteiger partial charge in [-0.25, -0.2) is 4.79 Å². The molecule has 3 N–H and O–H groups in total. The highest BCUT2D eigenvalue weighted by atomic mass is 35.5. The lowest BCUT2D eigenvalue weighted by molar-refractivity contribution is -0.00192. The zero-order valence-electron chi connectivity index (χ0n) is 24.6. The van der Waals surface area contributed by atoms with E-state index >= 15 is 0 Å². The van der Waals surface area contributed by atoms with Crippen LogP contribution < -0.4 is 29.6 Å². The number of fused-ring (bicyclic) bond motifs is 1. The summed E-state index contributed by atoms with van der Waals surface area (Å²) in [5.41, 5.74) is 2.28. The first-order valence-electron chi connectivity index (χ1n) is 14.9. The van der Waals surface area contributed by atoms with Gasteiger partial charge in [0.15, 0.2) is 0 Å². The van der Waals surface area contributed by atoms with Crippen molar-refractivity contribution in [2.24, 2.45) is 0 Å². The summed E-state index contributed by atoms with van der Waals surface area (Å²) in [5.74, 6) is 2.44. The second kappa shape index (κ2) is 13.3. The van der Waals surface area contributed by atoms with Gasteiger partial charge in [0.25, 0.3) is 0 Å². The summed E-state index contributed by atoms with van der Waals surface area (Å²) in [7, 11) is 1.62. The Morgan fingerprint density at radius 3 is 2.57 bits per heavy atom. The van der Waals surface area contributed by atoms with Crippen molar-refractivity contribution in [3.63, 3.8) is 0 Å². The summed E-state index contributed by atoms with van der Waals surface area (Å²) in [6, 6.07) is 16.5. The minimum atomic E-state index is -0.753. The van der Waals surface area contributed by atoms with Gasteiger partial charge in [0.2, 0.25) is 0 Å². The first-order valence-corrected chi connectivity index (χ1v) is 15.7. The van der Waals surface area contributed by atoms with Crippen LogP contribution in [0.15, 0.2) is 54.6 Å². The number of ether oxygens (including phenoxy) is 4. The van der Waals surface area contributed by atoms with Crippen molar-refractivity contribution in [1.29, 1.82) is 0 Å². The van der Waals surface area contributed by atoms with Gasteiger partial charge in [0.1, 0.15) is 47.9 Å². The third kappa shape index (κ3) is 7.64. The van der Waals surface area contributed by atoms with Gasteiger partial charge in [-0.1, -0.05) is 35.3 Å². The predicted octanol–water partition coefficient (Wildman–Crippen LogP) is 6.07. The minimum absolute atomic E-state index is 0.0283. The number of methoxy groups -OCH3 is 1. The zero-order chi connectivity index (χ0) is 30.7. The molecule has 0 unspecified atom stereocenters. The summed E-state index contributed by atoms with van der Waals surface area (Å²) in [6.45, 7) is 2.36. The average Bonchev–Trinajstić information content (AvgIpc) is 3.75. The summed E-state index contributed by atoms with van der Waals surface area (Å²) in [4.78, 5) is 14.8. The Hall–Kier alpha value is -3.37. The summed E-state index contributed by atoms with van der Waals surface area (Å²) in [5, 5.41) is 17.7. The van der Waals surface area contributed by atoms with Gasteiger partial charge in [-0.15, -0.1) is 0 Å². The van der Waals surface area contributed by atoms with Crippen LogP contribution >= 0.6 is 23.2 Å². The van der Waals surface area contributed by atoms with Crippen molar-refractivity contribution >= 4 is 34.9 Å².